The first-order valence-corrected chi connectivity index (χ1v) is 9.07. The molecule has 1 aromatic rings. The molecule has 7 nitrogen and oxygen atoms in total. The Balaban J connectivity index is 2.88. The van der Waals surface area contributed by atoms with Crippen molar-refractivity contribution in [2.24, 2.45) is 0 Å². The Labute approximate surface area is 140 Å². The Kier molecular flexibility index (Phi) is 8.33. The second kappa shape index (κ2) is 9.72. The maximum absolute atomic E-state index is 12.7. The van der Waals surface area contributed by atoms with Gasteiger partial charge in [0.1, 0.15) is 6.61 Å². The molecular weight excluding hydrogens is 341 g/mol. The molecule has 0 radical (unpaired) electrons. The lowest BCUT2D eigenvalue weighted by Crippen LogP contribution is -2.40. The van der Waals surface area contributed by atoms with Crippen LogP contribution in [-0.2, 0) is 29.8 Å². The standard InChI is InChI=1S/C14H20NO6PS/c1-3-20-22(18,21-4-2)12(15-14(17)23)13(16)19-10-11-8-6-5-7-9-11/h5-9,12H,3-4,10H2,1-2H3,(H2,15,17,23). The van der Waals surface area contributed by atoms with Gasteiger partial charge in [-0.15, -0.1) is 0 Å². The number of carbonyl (C=O) groups is 2. The minimum absolute atomic E-state index is 0.0309. The van der Waals surface area contributed by atoms with Gasteiger partial charge in [-0.25, -0.2) is 4.79 Å². The number of ether oxygens (including phenoxy) is 1. The molecule has 1 aromatic carbocycles. The molecule has 0 aliphatic carbocycles. The third kappa shape index (κ3) is 6.35. The quantitative estimate of drug-likeness (QED) is 0.399. The van der Waals surface area contributed by atoms with E-state index >= 15 is 0 Å². The van der Waals surface area contributed by atoms with E-state index in [1.54, 1.807) is 38.1 Å². The molecule has 0 spiro atoms. The summed E-state index contributed by atoms with van der Waals surface area (Å²) in [6, 6.07) is 8.95. The Morgan fingerprint density at radius 1 is 1.17 bits per heavy atom. The maximum Gasteiger partial charge on any atom is 0.364 e. The molecule has 128 valence electrons. The second-order valence-corrected chi connectivity index (χ2v) is 6.84. The van der Waals surface area contributed by atoms with Gasteiger partial charge in [0, 0.05) is 0 Å². The smallest absolute Gasteiger partial charge is 0.364 e. The molecule has 1 atom stereocenters. The van der Waals surface area contributed by atoms with Crippen LogP contribution in [0.3, 0.4) is 0 Å². The van der Waals surface area contributed by atoms with Crippen LogP contribution in [0.1, 0.15) is 19.4 Å². The van der Waals surface area contributed by atoms with Gasteiger partial charge in [-0.1, -0.05) is 43.0 Å². The number of thiol groups is 1. The van der Waals surface area contributed by atoms with E-state index in [1.165, 1.54) is 0 Å². The lowest BCUT2D eigenvalue weighted by molar-refractivity contribution is -0.145. The zero-order chi connectivity index (χ0) is 17.3. The highest BCUT2D eigenvalue weighted by Crippen LogP contribution is 2.52. The molecule has 1 unspecified atom stereocenters. The summed E-state index contributed by atoms with van der Waals surface area (Å²) < 4.78 is 28.0. The van der Waals surface area contributed by atoms with Crippen molar-refractivity contribution in [3.05, 3.63) is 35.9 Å². The molecule has 1 amide bonds. The third-order valence-corrected chi connectivity index (χ3v) is 4.98. The zero-order valence-corrected chi connectivity index (χ0v) is 14.7. The van der Waals surface area contributed by atoms with Gasteiger partial charge >= 0.3 is 13.6 Å². The van der Waals surface area contributed by atoms with Crippen LogP contribution in [0.5, 0.6) is 0 Å². The summed E-state index contributed by atoms with van der Waals surface area (Å²) in [7, 11) is -3.92. The number of hydrogen-bond acceptors (Lipinski definition) is 6. The molecule has 23 heavy (non-hydrogen) atoms. The average Bonchev–Trinajstić information content (AvgIpc) is 2.51. The SMILES string of the molecule is CCOP(=O)(OCC)C(NC(=O)S)C(=O)OCc1ccccc1. The van der Waals surface area contributed by atoms with Crippen LogP contribution in [0.15, 0.2) is 30.3 Å². The number of hydrogen-bond donors (Lipinski definition) is 2. The highest BCUT2D eigenvalue weighted by Gasteiger charge is 2.43. The number of benzene rings is 1. The molecule has 1 rings (SSSR count). The molecule has 0 fully saturated rings. The maximum atomic E-state index is 12.7. The van der Waals surface area contributed by atoms with Crippen LogP contribution in [0.25, 0.3) is 0 Å². The van der Waals surface area contributed by atoms with Crippen LogP contribution in [0.4, 0.5) is 4.79 Å². The van der Waals surface area contributed by atoms with E-state index < -0.39 is 24.6 Å². The first-order valence-electron chi connectivity index (χ1n) is 7.01. The summed E-state index contributed by atoms with van der Waals surface area (Å²) in [5, 5.41) is 1.32. The monoisotopic (exact) mass is 361 g/mol. The minimum atomic E-state index is -3.92. The van der Waals surface area contributed by atoms with E-state index in [0.29, 0.717) is 0 Å². The minimum Gasteiger partial charge on any atom is -0.459 e. The fourth-order valence-electron chi connectivity index (χ4n) is 1.74. The molecule has 0 saturated carbocycles. The number of amides is 1. The van der Waals surface area contributed by atoms with Crippen molar-refractivity contribution in [1.82, 2.24) is 5.32 Å². The second-order valence-electron chi connectivity index (χ2n) is 4.32. The Morgan fingerprint density at radius 3 is 2.22 bits per heavy atom. The summed E-state index contributed by atoms with van der Waals surface area (Å²) >= 11 is 3.55. The molecular formula is C14H20NO6PS. The first-order chi connectivity index (χ1) is 10.9. The van der Waals surface area contributed by atoms with E-state index in [1.807, 2.05) is 6.07 Å². The predicted molar refractivity (Wildman–Crippen MR) is 88.4 cm³/mol. The van der Waals surface area contributed by atoms with Gasteiger partial charge in [-0.2, -0.15) is 0 Å². The van der Waals surface area contributed by atoms with Crippen LogP contribution in [0, 0.1) is 0 Å². The van der Waals surface area contributed by atoms with Crippen LogP contribution < -0.4 is 5.32 Å². The summed E-state index contributed by atoms with van der Waals surface area (Å²) in [5.41, 5.74) is 0.749. The molecule has 0 saturated heterocycles. The van der Waals surface area contributed by atoms with Gasteiger partial charge in [0.15, 0.2) is 0 Å². The van der Waals surface area contributed by atoms with Crippen molar-refractivity contribution < 1.29 is 27.9 Å². The average molecular weight is 361 g/mol. The number of rotatable bonds is 9. The summed E-state index contributed by atoms with van der Waals surface area (Å²) in [4.78, 5) is 23.4. The lowest BCUT2D eigenvalue weighted by atomic mass is 10.2. The number of nitrogens with one attached hydrogen (secondary N) is 1. The van der Waals surface area contributed by atoms with Gasteiger partial charge in [0.05, 0.1) is 13.2 Å². The fraction of sp³-hybridized carbons (Fsp3) is 0.429. The highest BCUT2D eigenvalue weighted by molar-refractivity contribution is 7.96. The topological polar surface area (TPSA) is 90.9 Å². The summed E-state index contributed by atoms with van der Waals surface area (Å²) in [6.07, 6.45) is 0. The lowest BCUT2D eigenvalue weighted by Gasteiger charge is -2.24. The molecule has 0 heterocycles. The molecule has 0 bridgehead atoms. The Hall–Kier alpha value is -1.34. The van der Waals surface area contributed by atoms with E-state index in [0.717, 1.165) is 5.56 Å². The van der Waals surface area contributed by atoms with Gasteiger partial charge < -0.3 is 19.1 Å². The van der Waals surface area contributed by atoms with Gasteiger partial charge in [0.2, 0.25) is 5.78 Å². The molecule has 0 aliphatic heterocycles. The van der Waals surface area contributed by atoms with Crippen molar-refractivity contribution in [2.45, 2.75) is 26.2 Å². The number of esters is 1. The normalized spacial score (nSPS) is 12.5. The zero-order valence-electron chi connectivity index (χ0n) is 12.9. The Morgan fingerprint density at radius 2 is 1.74 bits per heavy atom. The number of carbonyl (C=O) groups excluding carboxylic acids is 2. The van der Waals surface area contributed by atoms with Crippen molar-refractivity contribution >= 4 is 31.4 Å². The first kappa shape index (κ1) is 19.7. The Bertz CT molecular complexity index is 558. The van der Waals surface area contributed by atoms with Crippen LogP contribution >= 0.6 is 20.2 Å². The van der Waals surface area contributed by atoms with E-state index in [4.69, 9.17) is 13.8 Å². The summed E-state index contributed by atoms with van der Waals surface area (Å²) in [6.45, 7) is 3.25. The van der Waals surface area contributed by atoms with Crippen LogP contribution in [-0.4, -0.2) is 30.2 Å². The van der Waals surface area contributed by atoms with Crippen LogP contribution in [0.2, 0.25) is 0 Å². The van der Waals surface area contributed by atoms with Crippen molar-refractivity contribution in [3.8, 4) is 0 Å². The van der Waals surface area contributed by atoms with Gasteiger partial charge in [0.25, 0.3) is 5.24 Å². The molecule has 0 aliphatic rings. The molecule has 9 heteroatoms. The summed E-state index contributed by atoms with van der Waals surface area (Å²) in [5.74, 6) is -2.49. The largest absolute Gasteiger partial charge is 0.459 e. The van der Waals surface area contributed by atoms with E-state index in [9.17, 15) is 14.2 Å². The van der Waals surface area contributed by atoms with Crippen molar-refractivity contribution in [2.75, 3.05) is 13.2 Å². The van der Waals surface area contributed by atoms with Gasteiger partial charge in [-0.3, -0.25) is 9.36 Å². The predicted octanol–water partition coefficient (Wildman–Crippen LogP) is 2.96. The van der Waals surface area contributed by atoms with Gasteiger partial charge in [-0.05, 0) is 19.4 Å². The third-order valence-electron chi connectivity index (χ3n) is 2.64. The fourth-order valence-corrected chi connectivity index (χ4v) is 3.67. The molecule has 0 aromatic heterocycles. The van der Waals surface area contributed by atoms with Crippen molar-refractivity contribution in [1.29, 1.82) is 0 Å². The van der Waals surface area contributed by atoms with Crippen molar-refractivity contribution in [3.63, 3.8) is 0 Å². The van der Waals surface area contributed by atoms with E-state index in [-0.39, 0.29) is 19.8 Å². The highest BCUT2D eigenvalue weighted by atomic mass is 32.1. The molecule has 1 N–H and O–H groups in total. The van der Waals surface area contributed by atoms with E-state index in [2.05, 4.69) is 17.9 Å².